The highest BCUT2D eigenvalue weighted by Crippen LogP contribution is 2.26. The average molecular weight is 278 g/mol. The lowest BCUT2D eigenvalue weighted by atomic mass is 10.5. The first-order valence-electron chi connectivity index (χ1n) is 4.91. The first kappa shape index (κ1) is 12.8. The molecule has 0 aliphatic carbocycles. The molecule has 2 heterocycles. The van der Waals surface area contributed by atoms with Crippen molar-refractivity contribution in [3.63, 3.8) is 0 Å². The Morgan fingerprint density at radius 3 is 2.56 bits per heavy atom. The van der Waals surface area contributed by atoms with Crippen LogP contribution in [0.3, 0.4) is 0 Å². The number of nitrogens with zero attached hydrogens (tertiary/aromatic N) is 4. The van der Waals surface area contributed by atoms with Crippen molar-refractivity contribution >= 4 is 11.3 Å². The average Bonchev–Trinajstić information content (AvgIpc) is 2.76. The second-order valence-electron chi connectivity index (χ2n) is 3.68. The Bertz CT molecular complexity index is 625. The largest absolute Gasteiger partial charge is 0.451 e. The van der Waals surface area contributed by atoms with Crippen molar-refractivity contribution in [3.05, 3.63) is 32.4 Å². The molecule has 0 saturated carbocycles. The smallest absolute Gasteiger partial charge is 0.274 e. The SMILES string of the molecule is Cc1nc(Cn2nc(C(F)(F)F)n(C)c2=O)cs1. The van der Waals surface area contributed by atoms with Crippen molar-refractivity contribution in [3.8, 4) is 0 Å². The van der Waals surface area contributed by atoms with Crippen LogP contribution in [0.4, 0.5) is 13.2 Å². The molecule has 0 aromatic carbocycles. The van der Waals surface area contributed by atoms with Gasteiger partial charge in [-0.2, -0.15) is 13.2 Å². The molecule has 5 nitrogen and oxygen atoms in total. The van der Waals surface area contributed by atoms with Gasteiger partial charge in [-0.1, -0.05) is 0 Å². The molecule has 0 aliphatic heterocycles. The highest BCUT2D eigenvalue weighted by molar-refractivity contribution is 7.09. The van der Waals surface area contributed by atoms with E-state index in [4.69, 9.17) is 0 Å². The van der Waals surface area contributed by atoms with Gasteiger partial charge in [-0.3, -0.25) is 4.57 Å². The first-order valence-corrected chi connectivity index (χ1v) is 5.79. The number of rotatable bonds is 2. The van der Waals surface area contributed by atoms with E-state index in [9.17, 15) is 18.0 Å². The van der Waals surface area contributed by atoms with Crippen LogP contribution in [0.1, 0.15) is 16.5 Å². The van der Waals surface area contributed by atoms with E-state index in [0.29, 0.717) is 10.3 Å². The molecule has 0 amide bonds. The molecule has 0 atom stereocenters. The molecule has 0 aliphatic rings. The third-order valence-electron chi connectivity index (χ3n) is 2.27. The zero-order valence-electron chi connectivity index (χ0n) is 9.52. The highest BCUT2D eigenvalue weighted by Gasteiger charge is 2.38. The van der Waals surface area contributed by atoms with Crippen LogP contribution in [0.5, 0.6) is 0 Å². The van der Waals surface area contributed by atoms with Crippen LogP contribution in [0, 0.1) is 6.92 Å². The molecule has 0 bridgehead atoms. The van der Waals surface area contributed by atoms with Crippen LogP contribution < -0.4 is 5.69 Å². The molecule has 0 saturated heterocycles. The Balaban J connectivity index is 2.38. The zero-order valence-corrected chi connectivity index (χ0v) is 10.3. The topological polar surface area (TPSA) is 52.7 Å². The molecule has 0 fully saturated rings. The highest BCUT2D eigenvalue weighted by atomic mass is 32.1. The summed E-state index contributed by atoms with van der Waals surface area (Å²) in [7, 11) is 1.04. The summed E-state index contributed by atoms with van der Waals surface area (Å²) in [4.78, 5) is 15.7. The maximum atomic E-state index is 12.5. The third kappa shape index (κ3) is 2.30. The van der Waals surface area contributed by atoms with Gasteiger partial charge in [-0.25, -0.2) is 14.5 Å². The molecular weight excluding hydrogens is 269 g/mol. The maximum absolute atomic E-state index is 12.5. The van der Waals surface area contributed by atoms with Gasteiger partial charge in [0.05, 0.1) is 17.2 Å². The Hall–Kier alpha value is -1.64. The molecular formula is C9H9F3N4OS. The maximum Gasteiger partial charge on any atom is 0.451 e. The predicted molar refractivity (Wildman–Crippen MR) is 58.4 cm³/mol. The zero-order chi connectivity index (χ0) is 13.5. The predicted octanol–water partition coefficient (Wildman–Crippen LogP) is 1.41. The minimum atomic E-state index is -4.64. The number of aromatic nitrogens is 4. The standard InChI is InChI=1S/C9H9F3N4OS/c1-5-13-6(4-18-5)3-16-8(17)15(2)7(14-16)9(10,11)12/h4H,3H2,1-2H3. The summed E-state index contributed by atoms with van der Waals surface area (Å²) < 4.78 is 38.9. The van der Waals surface area contributed by atoms with Crippen molar-refractivity contribution in [1.29, 1.82) is 0 Å². The molecule has 98 valence electrons. The van der Waals surface area contributed by atoms with E-state index < -0.39 is 17.7 Å². The summed E-state index contributed by atoms with van der Waals surface area (Å²) in [5, 5.41) is 5.76. The molecule has 2 aromatic heterocycles. The molecule has 9 heteroatoms. The van der Waals surface area contributed by atoms with Gasteiger partial charge in [0, 0.05) is 12.4 Å². The van der Waals surface area contributed by atoms with Crippen LogP contribution in [0.2, 0.25) is 0 Å². The summed E-state index contributed by atoms with van der Waals surface area (Å²) in [5.41, 5.74) is -0.292. The quantitative estimate of drug-likeness (QED) is 0.834. The van der Waals surface area contributed by atoms with Gasteiger partial charge in [0.1, 0.15) is 0 Å². The van der Waals surface area contributed by atoms with Crippen molar-refractivity contribution in [1.82, 2.24) is 19.3 Å². The third-order valence-corrected chi connectivity index (χ3v) is 3.10. The lowest BCUT2D eigenvalue weighted by Gasteiger charge is -2.02. The first-order chi connectivity index (χ1) is 8.29. The number of alkyl halides is 3. The van der Waals surface area contributed by atoms with E-state index in [1.54, 1.807) is 12.3 Å². The number of hydrogen-bond acceptors (Lipinski definition) is 4. The number of halogens is 3. The number of thiazole rings is 1. The Kier molecular flexibility index (Phi) is 3.01. The van der Waals surface area contributed by atoms with Crippen LogP contribution in [-0.2, 0) is 19.8 Å². The van der Waals surface area contributed by atoms with E-state index in [1.807, 2.05) is 0 Å². The van der Waals surface area contributed by atoms with Gasteiger partial charge in [0.25, 0.3) is 0 Å². The Labute approximate surface area is 104 Å². The Morgan fingerprint density at radius 1 is 1.44 bits per heavy atom. The van der Waals surface area contributed by atoms with Crippen LogP contribution in [-0.4, -0.2) is 19.3 Å². The normalized spacial score (nSPS) is 12.1. The second kappa shape index (κ2) is 4.23. The van der Waals surface area contributed by atoms with E-state index in [2.05, 4.69) is 10.1 Å². The minimum absolute atomic E-state index is 0.0624. The lowest BCUT2D eigenvalue weighted by Crippen LogP contribution is -2.24. The molecule has 0 N–H and O–H groups in total. The summed E-state index contributed by atoms with van der Waals surface area (Å²) in [6.45, 7) is 1.71. The fourth-order valence-electron chi connectivity index (χ4n) is 1.47. The van der Waals surface area contributed by atoms with Crippen LogP contribution in [0.25, 0.3) is 0 Å². The van der Waals surface area contributed by atoms with Gasteiger partial charge in [0.2, 0.25) is 5.82 Å². The van der Waals surface area contributed by atoms with Gasteiger partial charge in [-0.15, -0.1) is 16.4 Å². The second-order valence-corrected chi connectivity index (χ2v) is 4.74. The molecule has 0 spiro atoms. The minimum Gasteiger partial charge on any atom is -0.274 e. The summed E-state index contributed by atoms with van der Waals surface area (Å²) >= 11 is 1.36. The fraction of sp³-hybridized carbons (Fsp3) is 0.444. The summed E-state index contributed by atoms with van der Waals surface area (Å²) in [6.07, 6.45) is -4.64. The molecule has 2 rings (SSSR count). The van der Waals surface area contributed by atoms with Crippen molar-refractivity contribution in [2.45, 2.75) is 19.6 Å². The van der Waals surface area contributed by atoms with E-state index in [-0.39, 0.29) is 6.54 Å². The molecule has 2 aromatic rings. The Morgan fingerprint density at radius 2 is 2.11 bits per heavy atom. The fourth-order valence-corrected chi connectivity index (χ4v) is 2.08. The van der Waals surface area contributed by atoms with E-state index in [1.165, 1.54) is 11.3 Å². The van der Waals surface area contributed by atoms with Gasteiger partial charge in [0.15, 0.2) is 0 Å². The van der Waals surface area contributed by atoms with Gasteiger partial charge < -0.3 is 0 Å². The van der Waals surface area contributed by atoms with Crippen LogP contribution >= 0.6 is 11.3 Å². The van der Waals surface area contributed by atoms with E-state index in [0.717, 1.165) is 16.7 Å². The van der Waals surface area contributed by atoms with Crippen molar-refractivity contribution in [2.75, 3.05) is 0 Å². The number of aryl methyl sites for hydroxylation is 1. The van der Waals surface area contributed by atoms with E-state index >= 15 is 0 Å². The van der Waals surface area contributed by atoms with Gasteiger partial charge >= 0.3 is 11.9 Å². The molecule has 0 unspecified atom stereocenters. The molecule has 18 heavy (non-hydrogen) atoms. The summed E-state index contributed by atoms with van der Waals surface area (Å²) in [5.74, 6) is -1.21. The lowest BCUT2D eigenvalue weighted by molar-refractivity contribution is -0.147. The monoisotopic (exact) mass is 278 g/mol. The summed E-state index contributed by atoms with van der Waals surface area (Å²) in [6, 6.07) is 0. The van der Waals surface area contributed by atoms with Crippen molar-refractivity contribution < 1.29 is 13.2 Å². The van der Waals surface area contributed by atoms with Crippen molar-refractivity contribution in [2.24, 2.45) is 7.05 Å². The molecule has 0 radical (unpaired) electrons. The number of hydrogen-bond donors (Lipinski definition) is 0. The van der Waals surface area contributed by atoms with Gasteiger partial charge in [-0.05, 0) is 6.92 Å². The van der Waals surface area contributed by atoms with Crippen LogP contribution in [0.15, 0.2) is 10.2 Å².